The normalized spacial score (nSPS) is 10.8. The van der Waals surface area contributed by atoms with Crippen LogP contribution in [-0.2, 0) is 11.3 Å². The first kappa shape index (κ1) is 14.9. The maximum Gasteiger partial charge on any atom is 0.328 e. The van der Waals surface area contributed by atoms with E-state index in [1.54, 1.807) is 6.08 Å². The van der Waals surface area contributed by atoms with Crippen molar-refractivity contribution in [2.24, 2.45) is 0 Å². The third-order valence-corrected chi connectivity index (χ3v) is 3.34. The molecule has 0 amide bonds. The van der Waals surface area contributed by atoms with E-state index in [4.69, 9.17) is 5.11 Å². The van der Waals surface area contributed by atoms with Crippen LogP contribution in [0.15, 0.2) is 54.6 Å². The number of carboxylic acids is 1. The van der Waals surface area contributed by atoms with Crippen molar-refractivity contribution in [2.45, 2.75) is 13.5 Å². The lowest BCUT2D eigenvalue weighted by molar-refractivity contribution is -0.131. The maximum absolute atomic E-state index is 10.5. The summed E-state index contributed by atoms with van der Waals surface area (Å²) in [5.41, 5.74) is 4.54. The zero-order valence-electron chi connectivity index (χ0n) is 12.3. The van der Waals surface area contributed by atoms with E-state index in [-0.39, 0.29) is 0 Å². The maximum atomic E-state index is 10.5. The minimum Gasteiger partial charge on any atom is -0.478 e. The Bertz CT molecular complexity index is 645. The van der Waals surface area contributed by atoms with Crippen molar-refractivity contribution in [1.29, 1.82) is 0 Å². The summed E-state index contributed by atoms with van der Waals surface area (Å²) in [6.07, 6.45) is 2.74. The van der Waals surface area contributed by atoms with Crippen LogP contribution in [0.1, 0.15) is 16.7 Å². The summed E-state index contributed by atoms with van der Waals surface area (Å²) in [4.78, 5) is 12.7. The highest BCUT2D eigenvalue weighted by atomic mass is 16.4. The minimum absolute atomic E-state index is 0.813. The molecule has 0 bridgehead atoms. The number of benzene rings is 2. The Morgan fingerprint density at radius 3 is 2.43 bits per heavy atom. The van der Waals surface area contributed by atoms with E-state index in [0.29, 0.717) is 0 Å². The molecule has 108 valence electrons. The Balaban J connectivity index is 2.07. The highest BCUT2D eigenvalue weighted by Crippen LogP contribution is 2.20. The van der Waals surface area contributed by atoms with Gasteiger partial charge in [0.25, 0.3) is 0 Å². The quantitative estimate of drug-likeness (QED) is 0.849. The molecule has 0 aromatic heterocycles. The molecular weight excluding hydrogens is 262 g/mol. The van der Waals surface area contributed by atoms with E-state index in [2.05, 4.69) is 31.0 Å². The number of para-hydroxylation sites is 1. The van der Waals surface area contributed by atoms with E-state index in [9.17, 15) is 4.79 Å². The van der Waals surface area contributed by atoms with E-state index >= 15 is 0 Å². The van der Waals surface area contributed by atoms with E-state index < -0.39 is 5.97 Å². The average Bonchev–Trinajstić information content (AvgIpc) is 2.47. The lowest BCUT2D eigenvalue weighted by Gasteiger charge is -2.21. The molecular formula is C18H19NO2. The van der Waals surface area contributed by atoms with Crippen LogP contribution < -0.4 is 4.90 Å². The van der Waals surface area contributed by atoms with E-state index in [0.717, 1.165) is 18.2 Å². The van der Waals surface area contributed by atoms with Crippen LogP contribution in [0.2, 0.25) is 0 Å². The Morgan fingerprint density at radius 1 is 1.14 bits per heavy atom. The smallest absolute Gasteiger partial charge is 0.328 e. The van der Waals surface area contributed by atoms with Gasteiger partial charge in [0.05, 0.1) is 0 Å². The number of rotatable bonds is 5. The van der Waals surface area contributed by atoms with Gasteiger partial charge in [0, 0.05) is 25.4 Å². The zero-order valence-corrected chi connectivity index (χ0v) is 12.3. The molecule has 0 spiro atoms. The molecule has 0 aliphatic rings. The zero-order chi connectivity index (χ0) is 15.2. The summed E-state index contributed by atoms with van der Waals surface area (Å²) < 4.78 is 0. The van der Waals surface area contributed by atoms with Gasteiger partial charge in [0.15, 0.2) is 0 Å². The van der Waals surface area contributed by atoms with Crippen LogP contribution in [0.5, 0.6) is 0 Å². The van der Waals surface area contributed by atoms with Gasteiger partial charge in [-0.1, -0.05) is 42.5 Å². The number of hydrogen-bond acceptors (Lipinski definition) is 2. The summed E-state index contributed by atoms with van der Waals surface area (Å²) >= 11 is 0. The predicted octanol–water partition coefficient (Wildman–Crippen LogP) is 3.73. The molecule has 0 heterocycles. The van der Waals surface area contributed by atoms with Gasteiger partial charge in [0.2, 0.25) is 0 Å². The van der Waals surface area contributed by atoms with Gasteiger partial charge in [-0.2, -0.15) is 0 Å². The lowest BCUT2D eigenvalue weighted by atomic mass is 10.1. The first-order valence-electron chi connectivity index (χ1n) is 6.83. The summed E-state index contributed by atoms with van der Waals surface area (Å²) in [5.74, 6) is -0.932. The molecule has 0 aliphatic carbocycles. The molecule has 0 saturated heterocycles. The number of aryl methyl sites for hydroxylation is 1. The summed E-state index contributed by atoms with van der Waals surface area (Å²) in [5, 5.41) is 8.61. The van der Waals surface area contributed by atoms with Crippen LogP contribution in [-0.4, -0.2) is 18.1 Å². The largest absolute Gasteiger partial charge is 0.478 e. The van der Waals surface area contributed by atoms with Crippen LogP contribution in [0, 0.1) is 6.92 Å². The fourth-order valence-electron chi connectivity index (χ4n) is 2.25. The summed E-state index contributed by atoms with van der Waals surface area (Å²) in [6, 6.07) is 16.2. The van der Waals surface area contributed by atoms with Gasteiger partial charge in [-0.05, 0) is 35.8 Å². The van der Waals surface area contributed by atoms with Crippen molar-refractivity contribution in [1.82, 2.24) is 0 Å². The van der Waals surface area contributed by atoms with Crippen molar-refractivity contribution in [2.75, 3.05) is 11.9 Å². The Hall–Kier alpha value is -2.55. The minimum atomic E-state index is -0.932. The molecule has 0 saturated carbocycles. The van der Waals surface area contributed by atoms with E-state index in [1.165, 1.54) is 16.8 Å². The third kappa shape index (κ3) is 4.21. The van der Waals surface area contributed by atoms with Crippen molar-refractivity contribution < 1.29 is 9.90 Å². The first-order chi connectivity index (χ1) is 10.1. The van der Waals surface area contributed by atoms with Gasteiger partial charge in [-0.15, -0.1) is 0 Å². The second-order valence-electron chi connectivity index (χ2n) is 5.06. The Labute approximate surface area is 125 Å². The van der Waals surface area contributed by atoms with Crippen LogP contribution >= 0.6 is 0 Å². The fourth-order valence-corrected chi connectivity index (χ4v) is 2.25. The average molecular weight is 281 g/mol. The molecule has 3 heteroatoms. The van der Waals surface area contributed by atoms with Gasteiger partial charge >= 0.3 is 5.97 Å². The van der Waals surface area contributed by atoms with Gasteiger partial charge < -0.3 is 10.0 Å². The molecule has 21 heavy (non-hydrogen) atoms. The SMILES string of the molecule is Cc1ccccc1N(C)Cc1ccc(C=CC(=O)O)cc1. The van der Waals surface area contributed by atoms with Gasteiger partial charge in [-0.3, -0.25) is 0 Å². The molecule has 0 radical (unpaired) electrons. The predicted molar refractivity (Wildman–Crippen MR) is 86.4 cm³/mol. The van der Waals surface area contributed by atoms with Crippen LogP contribution in [0.3, 0.4) is 0 Å². The summed E-state index contributed by atoms with van der Waals surface area (Å²) in [6.45, 7) is 2.92. The third-order valence-electron chi connectivity index (χ3n) is 3.34. The molecule has 3 nitrogen and oxygen atoms in total. The van der Waals surface area contributed by atoms with Gasteiger partial charge in [-0.25, -0.2) is 4.79 Å². The molecule has 0 fully saturated rings. The van der Waals surface area contributed by atoms with Crippen LogP contribution in [0.25, 0.3) is 6.08 Å². The van der Waals surface area contributed by atoms with Gasteiger partial charge in [0.1, 0.15) is 0 Å². The Morgan fingerprint density at radius 2 is 1.81 bits per heavy atom. The molecule has 2 aromatic rings. The van der Waals surface area contributed by atoms with E-state index in [1.807, 2.05) is 36.4 Å². The second kappa shape index (κ2) is 6.75. The number of aliphatic carboxylic acids is 1. The number of carbonyl (C=O) groups is 1. The standard InChI is InChI=1S/C18H19NO2/c1-14-5-3-4-6-17(14)19(2)13-16-9-7-15(8-10-16)11-12-18(20)21/h3-12H,13H2,1-2H3,(H,20,21). The van der Waals surface area contributed by atoms with Crippen molar-refractivity contribution in [3.05, 3.63) is 71.3 Å². The van der Waals surface area contributed by atoms with Crippen molar-refractivity contribution in [3.8, 4) is 0 Å². The van der Waals surface area contributed by atoms with Crippen molar-refractivity contribution >= 4 is 17.7 Å². The Kier molecular flexibility index (Phi) is 4.77. The molecule has 0 unspecified atom stereocenters. The number of carboxylic acid groups (broad SMARTS) is 1. The fraction of sp³-hybridized carbons (Fsp3) is 0.167. The number of anilines is 1. The molecule has 0 atom stereocenters. The van der Waals surface area contributed by atoms with Crippen molar-refractivity contribution in [3.63, 3.8) is 0 Å². The second-order valence-corrected chi connectivity index (χ2v) is 5.06. The summed E-state index contributed by atoms with van der Waals surface area (Å²) in [7, 11) is 2.07. The molecule has 2 rings (SSSR count). The van der Waals surface area contributed by atoms with Crippen LogP contribution in [0.4, 0.5) is 5.69 Å². The molecule has 0 aliphatic heterocycles. The highest BCUT2D eigenvalue weighted by Gasteiger charge is 2.04. The molecule has 1 N–H and O–H groups in total. The lowest BCUT2D eigenvalue weighted by Crippen LogP contribution is -2.17. The first-order valence-corrected chi connectivity index (χ1v) is 6.83. The monoisotopic (exact) mass is 281 g/mol. The number of nitrogens with zero attached hydrogens (tertiary/aromatic N) is 1. The topological polar surface area (TPSA) is 40.5 Å². The highest BCUT2D eigenvalue weighted by molar-refractivity contribution is 5.85. The number of hydrogen-bond donors (Lipinski definition) is 1. The molecule has 2 aromatic carbocycles.